The standard InChI is InChI=1S/C19H19N3/c1-20-14-8-11-17-15-22(18-12-6-3-7-13-18)21-19(17)16-9-4-2-5-10-16/h2-13,15,20H,14H2,1H3. The Kier molecular flexibility index (Phi) is 4.47. The Hall–Kier alpha value is -2.65. The van der Waals surface area contributed by atoms with Crippen molar-refractivity contribution >= 4 is 6.08 Å². The largest absolute Gasteiger partial charge is 0.316 e. The Morgan fingerprint density at radius 3 is 2.36 bits per heavy atom. The van der Waals surface area contributed by atoms with E-state index in [9.17, 15) is 0 Å². The fraction of sp³-hybridized carbons (Fsp3) is 0.105. The van der Waals surface area contributed by atoms with Gasteiger partial charge in [-0.3, -0.25) is 0 Å². The summed E-state index contributed by atoms with van der Waals surface area (Å²) in [7, 11) is 1.94. The van der Waals surface area contributed by atoms with Gasteiger partial charge in [0.2, 0.25) is 0 Å². The Bertz CT molecular complexity index is 743. The van der Waals surface area contributed by atoms with Crippen LogP contribution < -0.4 is 5.32 Å². The molecule has 3 heteroatoms. The first-order chi connectivity index (χ1) is 10.9. The summed E-state index contributed by atoms with van der Waals surface area (Å²) in [6, 6.07) is 20.5. The van der Waals surface area contributed by atoms with Gasteiger partial charge in [0.1, 0.15) is 0 Å². The summed E-state index contributed by atoms with van der Waals surface area (Å²) >= 11 is 0. The zero-order valence-electron chi connectivity index (χ0n) is 12.6. The minimum Gasteiger partial charge on any atom is -0.316 e. The lowest BCUT2D eigenvalue weighted by Crippen LogP contribution is -2.03. The molecule has 1 N–H and O–H groups in total. The first-order valence-corrected chi connectivity index (χ1v) is 7.40. The first kappa shape index (κ1) is 14.3. The fourth-order valence-electron chi connectivity index (χ4n) is 2.35. The van der Waals surface area contributed by atoms with E-state index in [2.05, 4.69) is 47.9 Å². The van der Waals surface area contributed by atoms with Crippen molar-refractivity contribution in [1.82, 2.24) is 15.1 Å². The number of nitrogens with one attached hydrogen (secondary N) is 1. The van der Waals surface area contributed by atoms with Gasteiger partial charge in [0.25, 0.3) is 0 Å². The number of likely N-dealkylation sites (N-methyl/N-ethyl adjacent to an activating group) is 1. The predicted octanol–water partition coefficient (Wildman–Crippen LogP) is 3.77. The van der Waals surface area contributed by atoms with E-state index in [4.69, 9.17) is 5.10 Å². The van der Waals surface area contributed by atoms with Crippen LogP contribution in [0.1, 0.15) is 5.56 Å². The summed E-state index contributed by atoms with van der Waals surface area (Å²) < 4.78 is 1.93. The third-order valence-electron chi connectivity index (χ3n) is 3.43. The molecule has 0 bridgehead atoms. The maximum atomic E-state index is 4.77. The van der Waals surface area contributed by atoms with Crippen molar-refractivity contribution < 1.29 is 0 Å². The van der Waals surface area contributed by atoms with Crippen molar-refractivity contribution in [3.05, 3.63) is 78.5 Å². The van der Waals surface area contributed by atoms with Crippen LogP contribution >= 0.6 is 0 Å². The second-order valence-electron chi connectivity index (χ2n) is 5.04. The molecule has 0 aliphatic heterocycles. The normalized spacial score (nSPS) is 11.1. The Morgan fingerprint density at radius 2 is 1.68 bits per heavy atom. The second-order valence-corrected chi connectivity index (χ2v) is 5.04. The van der Waals surface area contributed by atoms with Gasteiger partial charge in [0.15, 0.2) is 0 Å². The summed E-state index contributed by atoms with van der Waals surface area (Å²) in [4.78, 5) is 0. The number of benzene rings is 2. The van der Waals surface area contributed by atoms with Gasteiger partial charge in [-0.15, -0.1) is 0 Å². The fourth-order valence-corrected chi connectivity index (χ4v) is 2.35. The molecule has 1 heterocycles. The van der Waals surface area contributed by atoms with Crippen molar-refractivity contribution in [2.75, 3.05) is 13.6 Å². The summed E-state index contributed by atoms with van der Waals surface area (Å²) in [6.45, 7) is 0.838. The molecule has 3 nitrogen and oxygen atoms in total. The van der Waals surface area contributed by atoms with Crippen LogP contribution in [0.2, 0.25) is 0 Å². The van der Waals surface area contributed by atoms with Crippen molar-refractivity contribution in [3.8, 4) is 16.9 Å². The number of hydrogen-bond donors (Lipinski definition) is 1. The minimum atomic E-state index is 0.838. The molecule has 0 aliphatic carbocycles. The molecular formula is C19H19N3. The minimum absolute atomic E-state index is 0.838. The van der Waals surface area contributed by atoms with E-state index in [-0.39, 0.29) is 0 Å². The van der Waals surface area contributed by atoms with E-state index in [1.54, 1.807) is 0 Å². The first-order valence-electron chi connectivity index (χ1n) is 7.40. The highest BCUT2D eigenvalue weighted by molar-refractivity contribution is 5.72. The third-order valence-corrected chi connectivity index (χ3v) is 3.43. The van der Waals surface area contributed by atoms with E-state index in [0.29, 0.717) is 0 Å². The number of para-hydroxylation sites is 1. The van der Waals surface area contributed by atoms with Gasteiger partial charge in [0.05, 0.1) is 11.4 Å². The monoisotopic (exact) mass is 289 g/mol. The number of nitrogens with zero attached hydrogens (tertiary/aromatic N) is 2. The van der Waals surface area contributed by atoms with Crippen LogP contribution in [-0.4, -0.2) is 23.4 Å². The van der Waals surface area contributed by atoms with Crippen LogP contribution in [0, 0.1) is 0 Å². The van der Waals surface area contributed by atoms with Gasteiger partial charge in [-0.25, -0.2) is 4.68 Å². The van der Waals surface area contributed by atoms with Crippen molar-refractivity contribution in [2.24, 2.45) is 0 Å². The molecule has 110 valence electrons. The van der Waals surface area contributed by atoms with Gasteiger partial charge in [-0.05, 0) is 19.2 Å². The van der Waals surface area contributed by atoms with Gasteiger partial charge < -0.3 is 5.32 Å². The van der Waals surface area contributed by atoms with Crippen LogP contribution in [0.5, 0.6) is 0 Å². The molecule has 0 saturated heterocycles. The molecular weight excluding hydrogens is 270 g/mol. The maximum absolute atomic E-state index is 4.77. The van der Waals surface area contributed by atoms with Crippen molar-refractivity contribution in [2.45, 2.75) is 0 Å². The molecule has 3 rings (SSSR count). The Morgan fingerprint density at radius 1 is 1.00 bits per heavy atom. The molecule has 0 unspecified atom stereocenters. The summed E-state index contributed by atoms with van der Waals surface area (Å²) in [5.41, 5.74) is 4.30. The van der Waals surface area contributed by atoms with Gasteiger partial charge >= 0.3 is 0 Å². The zero-order valence-corrected chi connectivity index (χ0v) is 12.6. The molecule has 0 aliphatic rings. The van der Waals surface area contributed by atoms with Gasteiger partial charge in [-0.2, -0.15) is 5.10 Å². The lowest BCUT2D eigenvalue weighted by atomic mass is 10.1. The topological polar surface area (TPSA) is 29.9 Å². The molecule has 2 aromatic carbocycles. The highest BCUT2D eigenvalue weighted by Crippen LogP contribution is 2.24. The smallest absolute Gasteiger partial charge is 0.0999 e. The van der Waals surface area contributed by atoms with Crippen LogP contribution in [0.3, 0.4) is 0 Å². The van der Waals surface area contributed by atoms with Gasteiger partial charge in [0, 0.05) is 23.9 Å². The molecule has 0 atom stereocenters. The summed E-state index contributed by atoms with van der Waals surface area (Å²) in [5.74, 6) is 0. The molecule has 1 aromatic heterocycles. The Labute approximate surface area is 130 Å². The molecule has 22 heavy (non-hydrogen) atoms. The van der Waals surface area contributed by atoms with Crippen LogP contribution in [0.25, 0.3) is 23.0 Å². The highest BCUT2D eigenvalue weighted by atomic mass is 15.3. The van der Waals surface area contributed by atoms with E-state index < -0.39 is 0 Å². The van der Waals surface area contributed by atoms with Crippen molar-refractivity contribution in [1.29, 1.82) is 0 Å². The average Bonchev–Trinajstić information content (AvgIpc) is 3.01. The molecule has 0 amide bonds. The lowest BCUT2D eigenvalue weighted by molar-refractivity contribution is 0.884. The van der Waals surface area contributed by atoms with Crippen molar-refractivity contribution in [3.63, 3.8) is 0 Å². The quantitative estimate of drug-likeness (QED) is 0.775. The second kappa shape index (κ2) is 6.87. The molecule has 0 spiro atoms. The van der Waals surface area contributed by atoms with Crippen LogP contribution in [0.4, 0.5) is 0 Å². The predicted molar refractivity (Wildman–Crippen MR) is 92.0 cm³/mol. The molecule has 3 aromatic rings. The van der Waals surface area contributed by atoms with E-state index in [1.807, 2.05) is 48.1 Å². The van der Waals surface area contributed by atoms with E-state index in [0.717, 1.165) is 29.1 Å². The number of rotatable bonds is 5. The van der Waals surface area contributed by atoms with Crippen LogP contribution in [-0.2, 0) is 0 Å². The lowest BCUT2D eigenvalue weighted by Gasteiger charge is -2.00. The van der Waals surface area contributed by atoms with Crippen LogP contribution in [0.15, 0.2) is 72.9 Å². The zero-order chi connectivity index (χ0) is 15.2. The third kappa shape index (κ3) is 3.15. The molecule has 0 fully saturated rings. The average molecular weight is 289 g/mol. The van der Waals surface area contributed by atoms with Gasteiger partial charge in [-0.1, -0.05) is 60.7 Å². The molecule has 0 radical (unpaired) electrons. The number of aromatic nitrogens is 2. The van der Waals surface area contributed by atoms with E-state index in [1.165, 1.54) is 0 Å². The SMILES string of the molecule is CNCC=Cc1cn(-c2ccccc2)nc1-c1ccccc1. The molecule has 0 saturated carbocycles. The summed E-state index contributed by atoms with van der Waals surface area (Å²) in [6.07, 6.45) is 6.30. The number of hydrogen-bond acceptors (Lipinski definition) is 2. The van der Waals surface area contributed by atoms with E-state index >= 15 is 0 Å². The highest BCUT2D eigenvalue weighted by Gasteiger charge is 2.09. The summed E-state index contributed by atoms with van der Waals surface area (Å²) in [5, 5.41) is 7.90. The maximum Gasteiger partial charge on any atom is 0.0999 e. The Balaban J connectivity index is 2.05.